The number of hydrogen-bond acceptors (Lipinski definition) is 5. The average Bonchev–Trinajstić information content (AvgIpc) is 2.61. The number of amides is 1. The van der Waals surface area contributed by atoms with Crippen LogP contribution in [0.2, 0.25) is 0 Å². The lowest BCUT2D eigenvalue weighted by atomic mass is 9.91. The maximum Gasteiger partial charge on any atom is 0.339 e. The first-order valence-corrected chi connectivity index (χ1v) is 9.00. The molecule has 6 heteroatoms. The largest absolute Gasteiger partial charge is 0.481 e. The molecule has 1 unspecified atom stereocenters. The molecule has 1 saturated heterocycles. The van der Waals surface area contributed by atoms with Gasteiger partial charge in [0.1, 0.15) is 11.3 Å². The third-order valence-electron chi connectivity index (χ3n) is 5.23. The summed E-state index contributed by atoms with van der Waals surface area (Å²) >= 11 is 0. The second kappa shape index (κ2) is 6.49. The molecule has 1 amide bonds. The van der Waals surface area contributed by atoms with Crippen LogP contribution in [0, 0.1) is 17.2 Å². The molecule has 2 heterocycles. The highest BCUT2D eigenvalue weighted by molar-refractivity contribution is 5.84. The summed E-state index contributed by atoms with van der Waals surface area (Å²) in [5, 5.41) is 9.76. The van der Waals surface area contributed by atoms with Crippen molar-refractivity contribution in [3.63, 3.8) is 0 Å². The molecular weight excluding hydrogens is 332 g/mol. The van der Waals surface area contributed by atoms with E-state index in [0.29, 0.717) is 24.4 Å². The van der Waals surface area contributed by atoms with Gasteiger partial charge in [-0.25, -0.2) is 4.79 Å². The fraction of sp³-hybridized carbons (Fsp3) is 0.450. The van der Waals surface area contributed by atoms with Crippen molar-refractivity contribution >= 4 is 16.9 Å². The Labute approximate surface area is 151 Å². The molecule has 1 atom stereocenters. The van der Waals surface area contributed by atoms with Crippen LogP contribution in [-0.2, 0) is 17.6 Å². The van der Waals surface area contributed by atoms with Crippen LogP contribution in [-0.4, -0.2) is 30.0 Å². The number of carbonyl (C=O) groups excluding carboxylic acids is 1. The van der Waals surface area contributed by atoms with Gasteiger partial charge in [0.15, 0.2) is 6.10 Å². The molecule has 2 aliphatic rings. The summed E-state index contributed by atoms with van der Waals surface area (Å²) in [5.74, 6) is 0.283. The summed E-state index contributed by atoms with van der Waals surface area (Å²) in [6.07, 6.45) is 3.11. The van der Waals surface area contributed by atoms with Gasteiger partial charge in [-0.1, -0.05) is 0 Å². The smallest absolute Gasteiger partial charge is 0.339 e. The standard InChI is InChI=1S/C20H20N2O4/c1-12(19(23)22-10-13(9-21)11-22)25-14-6-7-16-15-4-2-3-5-17(15)20(24)26-18(16)8-14/h6-8,12-13H,2-5,10-11H2,1H3. The lowest BCUT2D eigenvalue weighted by molar-refractivity contribution is -0.143. The van der Waals surface area contributed by atoms with Gasteiger partial charge in [0.25, 0.3) is 5.91 Å². The lowest BCUT2D eigenvalue weighted by Crippen LogP contribution is -2.53. The van der Waals surface area contributed by atoms with Gasteiger partial charge in [-0.15, -0.1) is 0 Å². The van der Waals surface area contributed by atoms with Gasteiger partial charge < -0.3 is 14.1 Å². The topological polar surface area (TPSA) is 83.5 Å². The Morgan fingerprint density at radius 3 is 2.77 bits per heavy atom. The zero-order valence-corrected chi connectivity index (χ0v) is 14.7. The first-order chi connectivity index (χ1) is 12.6. The number of fused-ring (bicyclic) bond motifs is 3. The van der Waals surface area contributed by atoms with Crippen molar-refractivity contribution in [1.29, 1.82) is 5.26 Å². The molecule has 1 aromatic carbocycles. The molecule has 26 heavy (non-hydrogen) atoms. The number of nitrogens with zero attached hydrogens (tertiary/aromatic N) is 2. The summed E-state index contributed by atoms with van der Waals surface area (Å²) in [6.45, 7) is 2.61. The van der Waals surface area contributed by atoms with Gasteiger partial charge >= 0.3 is 5.63 Å². The fourth-order valence-corrected chi connectivity index (χ4v) is 3.75. The van der Waals surface area contributed by atoms with E-state index < -0.39 is 6.10 Å². The number of aryl methyl sites for hydroxylation is 1. The second-order valence-corrected chi connectivity index (χ2v) is 7.04. The van der Waals surface area contributed by atoms with E-state index in [9.17, 15) is 9.59 Å². The number of benzene rings is 1. The maximum atomic E-state index is 12.3. The molecule has 1 aliphatic carbocycles. The van der Waals surface area contributed by atoms with E-state index >= 15 is 0 Å². The minimum atomic E-state index is -0.656. The van der Waals surface area contributed by atoms with Gasteiger partial charge in [0.05, 0.1) is 12.0 Å². The first-order valence-electron chi connectivity index (χ1n) is 9.00. The fourth-order valence-electron chi connectivity index (χ4n) is 3.75. The molecule has 0 radical (unpaired) electrons. The Bertz CT molecular complexity index is 966. The monoisotopic (exact) mass is 352 g/mol. The first kappa shape index (κ1) is 16.6. The molecule has 6 nitrogen and oxygen atoms in total. The van der Waals surface area contributed by atoms with E-state index in [1.54, 1.807) is 17.9 Å². The number of ether oxygens (including phenoxy) is 1. The summed E-state index contributed by atoms with van der Waals surface area (Å²) in [4.78, 5) is 26.2. The molecule has 1 aliphatic heterocycles. The Kier molecular flexibility index (Phi) is 4.15. The third kappa shape index (κ3) is 2.84. The van der Waals surface area contributed by atoms with Crippen molar-refractivity contribution in [3.8, 4) is 11.8 Å². The molecule has 1 aromatic heterocycles. The third-order valence-corrected chi connectivity index (χ3v) is 5.23. The quantitative estimate of drug-likeness (QED) is 0.792. The number of likely N-dealkylation sites (tertiary alicyclic amines) is 1. The van der Waals surface area contributed by atoms with Crippen molar-refractivity contribution in [3.05, 3.63) is 39.7 Å². The van der Waals surface area contributed by atoms with Crippen LogP contribution in [0.4, 0.5) is 0 Å². The summed E-state index contributed by atoms with van der Waals surface area (Å²) < 4.78 is 11.2. The van der Waals surface area contributed by atoms with E-state index in [2.05, 4.69) is 6.07 Å². The normalized spacial score (nSPS) is 17.9. The van der Waals surface area contributed by atoms with Gasteiger partial charge in [0, 0.05) is 30.1 Å². The van der Waals surface area contributed by atoms with Gasteiger partial charge in [-0.2, -0.15) is 5.26 Å². The Morgan fingerprint density at radius 2 is 2.04 bits per heavy atom. The molecule has 0 bridgehead atoms. The average molecular weight is 352 g/mol. The lowest BCUT2D eigenvalue weighted by Gasteiger charge is -2.36. The Hall–Kier alpha value is -2.81. The van der Waals surface area contributed by atoms with Gasteiger partial charge in [-0.05, 0) is 50.3 Å². The minimum absolute atomic E-state index is 0.0766. The van der Waals surface area contributed by atoms with Crippen molar-refractivity contribution in [2.75, 3.05) is 13.1 Å². The SMILES string of the molecule is CC(Oc1ccc2c3c(c(=O)oc2c1)CCCC3)C(=O)N1CC(C#N)C1. The molecular formula is C20H20N2O4. The van der Waals surface area contributed by atoms with Crippen LogP contribution in [0.1, 0.15) is 30.9 Å². The highest BCUT2D eigenvalue weighted by atomic mass is 16.5. The number of hydrogen-bond donors (Lipinski definition) is 0. The number of rotatable bonds is 3. The highest BCUT2D eigenvalue weighted by Crippen LogP contribution is 2.29. The molecule has 1 fully saturated rings. The van der Waals surface area contributed by atoms with Crippen molar-refractivity contribution in [2.24, 2.45) is 5.92 Å². The zero-order chi connectivity index (χ0) is 18.3. The van der Waals surface area contributed by atoms with Crippen LogP contribution in [0.5, 0.6) is 5.75 Å². The van der Waals surface area contributed by atoms with Crippen molar-refractivity contribution in [1.82, 2.24) is 4.90 Å². The predicted molar refractivity (Wildman–Crippen MR) is 94.9 cm³/mol. The van der Waals surface area contributed by atoms with E-state index in [0.717, 1.165) is 42.2 Å². The zero-order valence-electron chi connectivity index (χ0n) is 14.7. The second-order valence-electron chi connectivity index (χ2n) is 7.04. The van der Waals surface area contributed by atoms with Gasteiger partial charge in [0.2, 0.25) is 0 Å². The van der Waals surface area contributed by atoms with Crippen LogP contribution in [0.15, 0.2) is 27.4 Å². The van der Waals surface area contributed by atoms with Crippen LogP contribution < -0.4 is 10.4 Å². The Morgan fingerprint density at radius 1 is 1.31 bits per heavy atom. The number of carbonyl (C=O) groups is 1. The minimum Gasteiger partial charge on any atom is -0.481 e. The summed E-state index contributed by atoms with van der Waals surface area (Å²) in [7, 11) is 0. The van der Waals surface area contributed by atoms with Crippen molar-refractivity contribution < 1.29 is 13.9 Å². The number of nitriles is 1. The summed E-state index contributed by atoms with van der Waals surface area (Å²) in [5.41, 5.74) is 2.12. The van der Waals surface area contributed by atoms with E-state index in [-0.39, 0.29) is 17.5 Å². The van der Waals surface area contributed by atoms with Crippen LogP contribution in [0.25, 0.3) is 11.0 Å². The summed E-state index contributed by atoms with van der Waals surface area (Å²) in [6, 6.07) is 7.55. The molecule has 0 N–H and O–H groups in total. The van der Waals surface area contributed by atoms with E-state index in [1.807, 2.05) is 12.1 Å². The van der Waals surface area contributed by atoms with Gasteiger partial charge in [-0.3, -0.25) is 4.79 Å². The molecule has 134 valence electrons. The molecule has 0 saturated carbocycles. The molecule has 2 aromatic rings. The maximum absolute atomic E-state index is 12.3. The Balaban J connectivity index is 1.55. The molecule has 4 rings (SSSR count). The highest BCUT2D eigenvalue weighted by Gasteiger charge is 2.33. The predicted octanol–water partition coefficient (Wildman–Crippen LogP) is 2.42. The van der Waals surface area contributed by atoms with Crippen LogP contribution >= 0.6 is 0 Å². The van der Waals surface area contributed by atoms with Crippen LogP contribution in [0.3, 0.4) is 0 Å². The van der Waals surface area contributed by atoms with Crippen molar-refractivity contribution in [2.45, 2.75) is 38.7 Å². The molecule has 0 spiro atoms. The van der Waals surface area contributed by atoms with E-state index in [1.165, 1.54) is 0 Å². The van der Waals surface area contributed by atoms with E-state index in [4.69, 9.17) is 14.4 Å².